The van der Waals surface area contributed by atoms with Crippen LogP contribution in [0.15, 0.2) is 0 Å². The molecular formula is C13H17NO4. The summed E-state index contributed by atoms with van der Waals surface area (Å²) in [4.78, 5) is 22.7. The number of carbonyl (C=O) groups excluding carboxylic acids is 2. The van der Waals surface area contributed by atoms with Gasteiger partial charge in [-0.05, 0) is 20.3 Å². The fourth-order valence-corrected chi connectivity index (χ4v) is 1.07. The first kappa shape index (κ1) is 16.0. The summed E-state index contributed by atoms with van der Waals surface area (Å²) < 4.78 is 9.64. The van der Waals surface area contributed by atoms with E-state index in [9.17, 15) is 9.59 Å². The lowest BCUT2D eigenvalue weighted by atomic mass is 10.1. The number of rotatable bonds is 6. The van der Waals surface area contributed by atoms with Crippen LogP contribution in [0.3, 0.4) is 0 Å². The van der Waals surface area contributed by atoms with Crippen LogP contribution in [0.25, 0.3) is 0 Å². The molecule has 0 rings (SSSR count). The molecule has 0 fully saturated rings. The van der Waals surface area contributed by atoms with Gasteiger partial charge >= 0.3 is 11.9 Å². The molecule has 0 heterocycles. The maximum atomic E-state index is 11.4. The standard InChI is InChI=1S/C13H17NO4/c1-5-8-17-12(16)10(2)6-7-11(15)18-13(3,4)9-14/h1,10H,6-8H2,2-4H3. The second kappa shape index (κ2) is 7.34. The van der Waals surface area contributed by atoms with E-state index in [0.717, 1.165) is 0 Å². The van der Waals surface area contributed by atoms with Crippen LogP contribution in [0, 0.1) is 29.6 Å². The van der Waals surface area contributed by atoms with Crippen molar-refractivity contribution in [2.75, 3.05) is 6.61 Å². The molecule has 0 bridgehead atoms. The molecule has 0 aromatic carbocycles. The van der Waals surface area contributed by atoms with E-state index in [1.165, 1.54) is 13.8 Å². The monoisotopic (exact) mass is 251 g/mol. The van der Waals surface area contributed by atoms with Crippen LogP contribution in [-0.4, -0.2) is 24.1 Å². The van der Waals surface area contributed by atoms with E-state index in [1.807, 2.05) is 6.07 Å². The van der Waals surface area contributed by atoms with Crippen molar-refractivity contribution in [2.45, 2.75) is 39.2 Å². The van der Waals surface area contributed by atoms with E-state index >= 15 is 0 Å². The summed E-state index contributed by atoms with van der Waals surface area (Å²) >= 11 is 0. The maximum Gasteiger partial charge on any atom is 0.309 e. The molecule has 0 aliphatic carbocycles. The number of nitriles is 1. The Morgan fingerprint density at radius 2 is 2.06 bits per heavy atom. The molecule has 0 aromatic heterocycles. The molecule has 0 saturated heterocycles. The number of carbonyl (C=O) groups is 2. The van der Waals surface area contributed by atoms with Crippen LogP contribution in [0.5, 0.6) is 0 Å². The second-order valence-electron chi connectivity index (χ2n) is 4.35. The highest BCUT2D eigenvalue weighted by atomic mass is 16.6. The normalized spacial score (nSPS) is 11.8. The van der Waals surface area contributed by atoms with Crippen molar-refractivity contribution < 1.29 is 19.1 Å². The van der Waals surface area contributed by atoms with Crippen molar-refractivity contribution >= 4 is 11.9 Å². The predicted molar refractivity (Wildman–Crippen MR) is 64.0 cm³/mol. The van der Waals surface area contributed by atoms with Crippen molar-refractivity contribution in [1.82, 2.24) is 0 Å². The van der Waals surface area contributed by atoms with Crippen LogP contribution < -0.4 is 0 Å². The van der Waals surface area contributed by atoms with Gasteiger partial charge in [-0.25, -0.2) is 0 Å². The fraction of sp³-hybridized carbons (Fsp3) is 0.615. The van der Waals surface area contributed by atoms with Gasteiger partial charge in [-0.15, -0.1) is 6.42 Å². The first-order chi connectivity index (χ1) is 8.32. The van der Waals surface area contributed by atoms with Gasteiger partial charge in [-0.2, -0.15) is 5.26 Å². The Morgan fingerprint density at radius 3 is 2.56 bits per heavy atom. The Balaban J connectivity index is 4.04. The fourth-order valence-electron chi connectivity index (χ4n) is 1.07. The second-order valence-corrected chi connectivity index (χ2v) is 4.35. The summed E-state index contributed by atoms with van der Waals surface area (Å²) in [7, 11) is 0. The van der Waals surface area contributed by atoms with Crippen LogP contribution in [0.2, 0.25) is 0 Å². The third kappa shape index (κ3) is 6.55. The lowest BCUT2D eigenvalue weighted by Crippen LogP contribution is -2.26. The lowest BCUT2D eigenvalue weighted by Gasteiger charge is -2.17. The van der Waals surface area contributed by atoms with Gasteiger partial charge in [0.25, 0.3) is 0 Å². The Morgan fingerprint density at radius 1 is 1.44 bits per heavy atom. The third-order valence-corrected chi connectivity index (χ3v) is 2.12. The van der Waals surface area contributed by atoms with E-state index in [1.54, 1.807) is 6.92 Å². The van der Waals surface area contributed by atoms with E-state index in [0.29, 0.717) is 6.42 Å². The van der Waals surface area contributed by atoms with Crippen molar-refractivity contribution in [2.24, 2.45) is 5.92 Å². The molecule has 0 aliphatic heterocycles. The van der Waals surface area contributed by atoms with E-state index in [2.05, 4.69) is 5.92 Å². The van der Waals surface area contributed by atoms with Crippen molar-refractivity contribution in [3.8, 4) is 18.4 Å². The summed E-state index contributed by atoms with van der Waals surface area (Å²) in [5.74, 6) is 0.792. The van der Waals surface area contributed by atoms with Gasteiger partial charge in [0.1, 0.15) is 6.07 Å². The van der Waals surface area contributed by atoms with Gasteiger partial charge < -0.3 is 9.47 Å². The van der Waals surface area contributed by atoms with Gasteiger partial charge in [0.15, 0.2) is 12.2 Å². The first-order valence-electron chi connectivity index (χ1n) is 5.55. The first-order valence-corrected chi connectivity index (χ1v) is 5.55. The zero-order chi connectivity index (χ0) is 14.2. The SMILES string of the molecule is C#CCOC(=O)C(C)CCC(=O)OC(C)(C)C#N. The number of esters is 2. The Labute approximate surface area is 107 Å². The molecule has 18 heavy (non-hydrogen) atoms. The molecule has 0 aliphatic rings. The Bertz CT molecular complexity index is 387. The molecule has 5 heteroatoms. The molecule has 1 unspecified atom stereocenters. The number of hydrogen-bond donors (Lipinski definition) is 0. The summed E-state index contributed by atoms with van der Waals surface area (Å²) in [6, 6.07) is 1.85. The van der Waals surface area contributed by atoms with E-state index in [-0.39, 0.29) is 13.0 Å². The number of nitrogens with zero attached hydrogens (tertiary/aromatic N) is 1. The molecule has 0 amide bonds. The number of ether oxygens (including phenoxy) is 2. The molecule has 98 valence electrons. The third-order valence-electron chi connectivity index (χ3n) is 2.12. The number of terminal acetylenes is 1. The average molecular weight is 251 g/mol. The largest absolute Gasteiger partial charge is 0.452 e. The van der Waals surface area contributed by atoms with Crippen LogP contribution in [-0.2, 0) is 19.1 Å². The number of hydrogen-bond acceptors (Lipinski definition) is 5. The maximum absolute atomic E-state index is 11.4. The molecule has 1 atom stereocenters. The minimum atomic E-state index is -1.15. The molecule has 5 nitrogen and oxygen atoms in total. The smallest absolute Gasteiger partial charge is 0.309 e. The minimum Gasteiger partial charge on any atom is -0.452 e. The Kier molecular flexibility index (Phi) is 6.52. The molecule has 0 aromatic rings. The topological polar surface area (TPSA) is 76.4 Å². The molecule has 0 N–H and O–H groups in total. The van der Waals surface area contributed by atoms with Crippen molar-refractivity contribution in [3.63, 3.8) is 0 Å². The average Bonchev–Trinajstić information content (AvgIpc) is 2.32. The molecule has 0 radical (unpaired) electrons. The van der Waals surface area contributed by atoms with Crippen molar-refractivity contribution in [1.29, 1.82) is 5.26 Å². The van der Waals surface area contributed by atoms with Crippen LogP contribution >= 0.6 is 0 Å². The zero-order valence-corrected chi connectivity index (χ0v) is 10.9. The highest BCUT2D eigenvalue weighted by Crippen LogP contribution is 2.13. The highest BCUT2D eigenvalue weighted by molar-refractivity contribution is 5.74. The summed E-state index contributed by atoms with van der Waals surface area (Å²) in [6.45, 7) is 4.56. The van der Waals surface area contributed by atoms with Crippen LogP contribution in [0.1, 0.15) is 33.6 Å². The van der Waals surface area contributed by atoms with Gasteiger partial charge in [0.2, 0.25) is 0 Å². The molecule has 0 spiro atoms. The summed E-state index contributed by atoms with van der Waals surface area (Å²) in [6.07, 6.45) is 5.30. The van der Waals surface area contributed by atoms with Gasteiger partial charge in [-0.1, -0.05) is 12.8 Å². The summed E-state index contributed by atoms with van der Waals surface area (Å²) in [5, 5.41) is 8.69. The molecular weight excluding hydrogens is 234 g/mol. The van der Waals surface area contributed by atoms with E-state index < -0.39 is 23.5 Å². The van der Waals surface area contributed by atoms with Gasteiger partial charge in [0.05, 0.1) is 5.92 Å². The zero-order valence-electron chi connectivity index (χ0n) is 10.9. The van der Waals surface area contributed by atoms with E-state index in [4.69, 9.17) is 21.2 Å². The quantitative estimate of drug-likeness (QED) is 0.527. The predicted octanol–water partition coefficient (Wildman–Crippen LogP) is 1.42. The van der Waals surface area contributed by atoms with Crippen LogP contribution in [0.4, 0.5) is 0 Å². The minimum absolute atomic E-state index is 0.0530. The van der Waals surface area contributed by atoms with Gasteiger partial charge in [0, 0.05) is 6.42 Å². The highest BCUT2D eigenvalue weighted by Gasteiger charge is 2.23. The molecule has 0 saturated carbocycles. The van der Waals surface area contributed by atoms with Crippen molar-refractivity contribution in [3.05, 3.63) is 0 Å². The Hall–Kier alpha value is -2.01. The summed E-state index contributed by atoms with van der Waals surface area (Å²) in [5.41, 5.74) is -1.15. The lowest BCUT2D eigenvalue weighted by molar-refractivity contribution is -0.153. The van der Waals surface area contributed by atoms with Gasteiger partial charge in [-0.3, -0.25) is 9.59 Å².